The van der Waals surface area contributed by atoms with E-state index < -0.39 is 0 Å². The lowest BCUT2D eigenvalue weighted by molar-refractivity contribution is 0.102. The molecule has 6 nitrogen and oxygen atoms in total. The number of benzene rings is 2. The minimum absolute atomic E-state index is 0.213. The van der Waals surface area contributed by atoms with Gasteiger partial charge in [-0.2, -0.15) is 5.10 Å². The molecule has 6 heteroatoms. The quantitative estimate of drug-likeness (QED) is 0.756. The lowest BCUT2D eigenvalue weighted by Crippen LogP contribution is -2.36. The number of para-hydroxylation sites is 2. The van der Waals surface area contributed by atoms with Crippen molar-refractivity contribution >= 4 is 17.3 Å². The molecule has 144 valence electrons. The van der Waals surface area contributed by atoms with Gasteiger partial charge in [-0.15, -0.1) is 0 Å². The molecule has 0 spiro atoms. The predicted molar refractivity (Wildman–Crippen MR) is 110 cm³/mol. The largest absolute Gasteiger partial charge is 0.378 e. The molecule has 1 amide bonds. The van der Waals surface area contributed by atoms with Crippen LogP contribution in [-0.4, -0.2) is 42.0 Å². The van der Waals surface area contributed by atoms with E-state index >= 15 is 0 Å². The molecule has 1 saturated heterocycles. The summed E-state index contributed by atoms with van der Waals surface area (Å²) in [4.78, 5) is 15.1. The van der Waals surface area contributed by atoms with Crippen molar-refractivity contribution < 1.29 is 9.53 Å². The van der Waals surface area contributed by atoms with Crippen LogP contribution in [0.2, 0.25) is 0 Å². The molecular formula is C22H24N4O2. The van der Waals surface area contributed by atoms with E-state index in [1.165, 1.54) is 5.56 Å². The molecule has 2 aromatic carbocycles. The van der Waals surface area contributed by atoms with Gasteiger partial charge in [0.05, 0.1) is 30.3 Å². The normalized spacial score (nSPS) is 14.1. The van der Waals surface area contributed by atoms with Crippen molar-refractivity contribution in [1.29, 1.82) is 0 Å². The molecule has 0 unspecified atom stereocenters. The monoisotopic (exact) mass is 376 g/mol. The number of aromatic nitrogens is 2. The summed E-state index contributed by atoms with van der Waals surface area (Å²) in [5.74, 6) is -0.213. The number of carbonyl (C=O) groups is 1. The maximum absolute atomic E-state index is 12.9. The van der Waals surface area contributed by atoms with Crippen LogP contribution in [0.25, 0.3) is 5.69 Å². The van der Waals surface area contributed by atoms with E-state index in [-0.39, 0.29) is 5.91 Å². The van der Waals surface area contributed by atoms with Gasteiger partial charge in [0.25, 0.3) is 5.91 Å². The van der Waals surface area contributed by atoms with Crippen LogP contribution >= 0.6 is 0 Å². The second-order valence-electron chi connectivity index (χ2n) is 6.99. The van der Waals surface area contributed by atoms with Crippen LogP contribution in [0.15, 0.2) is 54.6 Å². The van der Waals surface area contributed by atoms with Gasteiger partial charge < -0.3 is 15.0 Å². The minimum Gasteiger partial charge on any atom is -0.378 e. The van der Waals surface area contributed by atoms with Gasteiger partial charge in [0.1, 0.15) is 0 Å². The Morgan fingerprint density at radius 3 is 2.50 bits per heavy atom. The third-order valence-corrected chi connectivity index (χ3v) is 4.90. The first kappa shape index (κ1) is 18.3. The summed E-state index contributed by atoms with van der Waals surface area (Å²) in [6.45, 7) is 7.02. The lowest BCUT2D eigenvalue weighted by atomic mass is 10.2. The Hall–Kier alpha value is -3.12. The summed E-state index contributed by atoms with van der Waals surface area (Å²) in [6, 6.07) is 17.8. The zero-order valence-corrected chi connectivity index (χ0v) is 16.2. The molecule has 1 fully saturated rings. The summed E-state index contributed by atoms with van der Waals surface area (Å²) in [6.07, 6.45) is 0. The van der Waals surface area contributed by atoms with Crippen LogP contribution in [-0.2, 0) is 4.74 Å². The van der Waals surface area contributed by atoms with Crippen molar-refractivity contribution in [2.45, 2.75) is 13.8 Å². The number of anilines is 2. The van der Waals surface area contributed by atoms with E-state index in [1.54, 1.807) is 4.68 Å². The molecule has 1 aromatic heterocycles. The maximum atomic E-state index is 12.9. The van der Waals surface area contributed by atoms with Gasteiger partial charge in [0, 0.05) is 18.8 Å². The first-order valence-corrected chi connectivity index (χ1v) is 9.48. The standard InChI is InChI=1S/C22H24N4O2/c1-16-7-9-18(10-8-16)26-17(2)15-20(24-26)22(27)23-19-5-3-4-6-21(19)25-11-13-28-14-12-25/h3-10,15H,11-14H2,1-2H3,(H,23,27). The predicted octanol–water partition coefficient (Wildman–Crippen LogP) is 3.58. The molecule has 1 aliphatic rings. The molecule has 1 aliphatic heterocycles. The Bertz CT molecular complexity index is 972. The van der Waals surface area contributed by atoms with Crippen molar-refractivity contribution in [3.8, 4) is 5.69 Å². The van der Waals surface area contributed by atoms with Gasteiger partial charge in [-0.1, -0.05) is 29.8 Å². The minimum atomic E-state index is -0.213. The molecule has 28 heavy (non-hydrogen) atoms. The van der Waals surface area contributed by atoms with Crippen LogP contribution in [0.1, 0.15) is 21.7 Å². The van der Waals surface area contributed by atoms with E-state index in [9.17, 15) is 4.79 Å². The number of morpholine rings is 1. The summed E-state index contributed by atoms with van der Waals surface area (Å²) in [5.41, 5.74) is 5.23. The highest BCUT2D eigenvalue weighted by atomic mass is 16.5. The molecule has 0 atom stereocenters. The van der Waals surface area contributed by atoms with Crippen molar-refractivity contribution in [2.24, 2.45) is 0 Å². The highest BCUT2D eigenvalue weighted by molar-refractivity contribution is 6.04. The number of rotatable bonds is 4. The second-order valence-corrected chi connectivity index (χ2v) is 6.99. The van der Waals surface area contributed by atoms with Crippen molar-refractivity contribution in [1.82, 2.24) is 9.78 Å². The highest BCUT2D eigenvalue weighted by Crippen LogP contribution is 2.27. The van der Waals surface area contributed by atoms with Gasteiger partial charge in [0.15, 0.2) is 5.69 Å². The Morgan fingerprint density at radius 2 is 1.75 bits per heavy atom. The number of carbonyl (C=O) groups excluding carboxylic acids is 1. The number of hydrogen-bond donors (Lipinski definition) is 1. The first-order valence-electron chi connectivity index (χ1n) is 9.48. The Morgan fingerprint density at radius 1 is 1.04 bits per heavy atom. The molecule has 2 heterocycles. The van der Waals surface area contributed by atoms with Crippen LogP contribution in [0.4, 0.5) is 11.4 Å². The highest BCUT2D eigenvalue weighted by Gasteiger charge is 2.18. The van der Waals surface area contributed by atoms with Crippen LogP contribution < -0.4 is 10.2 Å². The smallest absolute Gasteiger partial charge is 0.276 e. The van der Waals surface area contributed by atoms with Crippen molar-refractivity contribution in [3.63, 3.8) is 0 Å². The van der Waals surface area contributed by atoms with E-state index in [0.29, 0.717) is 18.9 Å². The van der Waals surface area contributed by atoms with Crippen LogP contribution in [0, 0.1) is 13.8 Å². The number of hydrogen-bond acceptors (Lipinski definition) is 4. The first-order chi connectivity index (χ1) is 13.6. The van der Waals surface area contributed by atoms with E-state index in [0.717, 1.165) is 35.8 Å². The second kappa shape index (κ2) is 7.86. The number of nitrogens with zero attached hydrogens (tertiary/aromatic N) is 3. The fourth-order valence-corrected chi connectivity index (χ4v) is 3.38. The van der Waals surface area contributed by atoms with Crippen molar-refractivity contribution in [3.05, 3.63) is 71.5 Å². The zero-order valence-electron chi connectivity index (χ0n) is 16.2. The Balaban J connectivity index is 1.56. The summed E-state index contributed by atoms with van der Waals surface area (Å²) >= 11 is 0. The Kier molecular flexibility index (Phi) is 5.12. The number of aryl methyl sites for hydroxylation is 2. The van der Waals surface area contributed by atoms with Crippen LogP contribution in [0.3, 0.4) is 0 Å². The van der Waals surface area contributed by atoms with Gasteiger partial charge in [-0.25, -0.2) is 4.68 Å². The molecular weight excluding hydrogens is 352 g/mol. The fraction of sp³-hybridized carbons (Fsp3) is 0.273. The van der Waals surface area contributed by atoms with E-state index in [1.807, 2.05) is 68.4 Å². The third kappa shape index (κ3) is 3.77. The SMILES string of the molecule is Cc1ccc(-n2nc(C(=O)Nc3ccccc3N3CCOCC3)cc2C)cc1. The van der Waals surface area contributed by atoms with Gasteiger partial charge in [-0.3, -0.25) is 4.79 Å². The van der Waals surface area contributed by atoms with Gasteiger partial charge in [0.2, 0.25) is 0 Å². The lowest BCUT2D eigenvalue weighted by Gasteiger charge is -2.30. The summed E-state index contributed by atoms with van der Waals surface area (Å²) < 4.78 is 7.23. The van der Waals surface area contributed by atoms with Gasteiger partial charge >= 0.3 is 0 Å². The van der Waals surface area contributed by atoms with Crippen molar-refractivity contribution in [2.75, 3.05) is 36.5 Å². The fourth-order valence-electron chi connectivity index (χ4n) is 3.38. The van der Waals surface area contributed by atoms with E-state index in [2.05, 4.69) is 15.3 Å². The molecule has 0 aliphatic carbocycles. The maximum Gasteiger partial charge on any atom is 0.276 e. The molecule has 0 saturated carbocycles. The summed E-state index contributed by atoms with van der Waals surface area (Å²) in [5, 5.41) is 7.55. The molecule has 3 aromatic rings. The average Bonchev–Trinajstić information content (AvgIpc) is 3.11. The number of amides is 1. The topological polar surface area (TPSA) is 59.4 Å². The number of nitrogens with one attached hydrogen (secondary N) is 1. The molecule has 0 radical (unpaired) electrons. The molecule has 0 bridgehead atoms. The van der Waals surface area contributed by atoms with Crippen LogP contribution in [0.5, 0.6) is 0 Å². The molecule has 1 N–H and O–H groups in total. The zero-order chi connectivity index (χ0) is 19.5. The average molecular weight is 376 g/mol. The van der Waals surface area contributed by atoms with E-state index in [4.69, 9.17) is 4.74 Å². The summed E-state index contributed by atoms with van der Waals surface area (Å²) in [7, 11) is 0. The molecule has 4 rings (SSSR count). The number of ether oxygens (including phenoxy) is 1. The Labute approximate surface area is 164 Å². The third-order valence-electron chi connectivity index (χ3n) is 4.90. The van der Waals surface area contributed by atoms with Gasteiger partial charge in [-0.05, 0) is 44.2 Å².